The topological polar surface area (TPSA) is 88.1 Å². The van der Waals surface area contributed by atoms with E-state index in [4.69, 9.17) is 18.9 Å². The lowest BCUT2D eigenvalue weighted by Crippen LogP contribution is -2.23. The molecule has 1 fully saturated rings. The second-order valence-electron chi connectivity index (χ2n) is 5.81. The van der Waals surface area contributed by atoms with Crippen LogP contribution in [0, 0.1) is 11.8 Å². The fraction of sp³-hybridized carbons (Fsp3) is 0.762. The molecule has 1 aliphatic rings. The molecule has 0 N–H and O–H groups in total. The lowest BCUT2D eigenvalue weighted by Gasteiger charge is -2.27. The second kappa shape index (κ2) is 19.9. The van der Waals surface area contributed by atoms with Crippen LogP contribution in [-0.2, 0) is 33.3 Å². The second-order valence-corrected chi connectivity index (χ2v) is 5.81. The standard InChI is InChI=1S/C17H26O7.4CH4/c1-13(18)23-11-14-3-5-15(6-4-14)12-24-17(20)8-7-16(19)22-10-9-21-2;;;;/h7-8,14-15H,3-6,9-12H2,1-2H3;4*1H4. The molecule has 28 heavy (non-hydrogen) atoms. The predicted octanol–water partition coefficient (Wildman–Crippen LogP) is 4.19. The highest BCUT2D eigenvalue weighted by atomic mass is 16.6. The minimum atomic E-state index is -0.602. The zero-order valence-corrected chi connectivity index (χ0v) is 14.3. The number of hydrogen-bond donors (Lipinski definition) is 0. The third-order valence-corrected chi connectivity index (χ3v) is 3.84. The van der Waals surface area contributed by atoms with Crippen LogP contribution in [0.15, 0.2) is 12.2 Å². The number of ether oxygens (including phenoxy) is 4. The summed E-state index contributed by atoms with van der Waals surface area (Å²) in [5.74, 6) is -0.707. The summed E-state index contributed by atoms with van der Waals surface area (Å²) in [5.41, 5.74) is 0. The zero-order chi connectivity index (χ0) is 17.8. The van der Waals surface area contributed by atoms with Crippen molar-refractivity contribution in [2.24, 2.45) is 11.8 Å². The Morgan fingerprint density at radius 2 is 1.18 bits per heavy atom. The van der Waals surface area contributed by atoms with Gasteiger partial charge in [-0.2, -0.15) is 0 Å². The van der Waals surface area contributed by atoms with Gasteiger partial charge in [-0.15, -0.1) is 0 Å². The normalized spacial score (nSPS) is 17.6. The summed E-state index contributed by atoms with van der Waals surface area (Å²) in [6.45, 7) is 2.67. The van der Waals surface area contributed by atoms with E-state index >= 15 is 0 Å². The van der Waals surface area contributed by atoms with E-state index in [2.05, 4.69) is 0 Å². The molecule has 0 heterocycles. The van der Waals surface area contributed by atoms with E-state index in [-0.39, 0.29) is 42.3 Å². The highest BCUT2D eigenvalue weighted by Crippen LogP contribution is 2.29. The first kappa shape index (κ1) is 33.7. The van der Waals surface area contributed by atoms with E-state index in [0.717, 1.165) is 37.8 Å². The third-order valence-electron chi connectivity index (χ3n) is 3.84. The number of carbonyl (C=O) groups is 3. The number of rotatable bonds is 9. The largest absolute Gasteiger partial charge is 0.466 e. The van der Waals surface area contributed by atoms with Crippen molar-refractivity contribution in [2.75, 3.05) is 33.5 Å². The van der Waals surface area contributed by atoms with Crippen LogP contribution in [0.25, 0.3) is 0 Å². The van der Waals surface area contributed by atoms with E-state index in [9.17, 15) is 14.4 Å². The van der Waals surface area contributed by atoms with Crippen molar-refractivity contribution < 1.29 is 33.3 Å². The Hall–Kier alpha value is -1.89. The maximum atomic E-state index is 11.6. The van der Waals surface area contributed by atoms with Gasteiger partial charge in [-0.05, 0) is 37.5 Å². The summed E-state index contributed by atoms with van der Waals surface area (Å²) in [4.78, 5) is 33.6. The van der Waals surface area contributed by atoms with Gasteiger partial charge in [0.2, 0.25) is 0 Å². The smallest absolute Gasteiger partial charge is 0.331 e. The Bertz CT molecular complexity index is 438. The van der Waals surface area contributed by atoms with Gasteiger partial charge < -0.3 is 18.9 Å². The molecule has 0 spiro atoms. The molecule has 0 atom stereocenters. The van der Waals surface area contributed by atoms with Crippen molar-refractivity contribution in [2.45, 2.75) is 62.3 Å². The summed E-state index contributed by atoms with van der Waals surface area (Å²) in [6.07, 6.45) is 5.90. The minimum absolute atomic E-state index is 0. The average molecular weight is 407 g/mol. The number of hydrogen-bond acceptors (Lipinski definition) is 7. The first-order chi connectivity index (χ1) is 11.5. The van der Waals surface area contributed by atoms with Crippen molar-refractivity contribution in [3.8, 4) is 0 Å². The Balaban J connectivity index is -0.000000720. The summed E-state index contributed by atoms with van der Waals surface area (Å²) < 4.78 is 19.7. The van der Waals surface area contributed by atoms with Gasteiger partial charge in [0.05, 0.1) is 19.8 Å². The molecular weight excluding hydrogens is 364 g/mol. The highest BCUT2D eigenvalue weighted by molar-refractivity contribution is 5.91. The lowest BCUT2D eigenvalue weighted by atomic mass is 9.83. The maximum Gasteiger partial charge on any atom is 0.331 e. The molecule has 1 rings (SSSR count). The van der Waals surface area contributed by atoms with Crippen molar-refractivity contribution in [1.29, 1.82) is 0 Å². The van der Waals surface area contributed by atoms with Gasteiger partial charge in [0.1, 0.15) is 6.61 Å². The molecule has 0 bridgehead atoms. The molecule has 0 aliphatic heterocycles. The molecule has 7 nitrogen and oxygen atoms in total. The van der Waals surface area contributed by atoms with Crippen LogP contribution >= 0.6 is 0 Å². The number of carbonyl (C=O) groups excluding carboxylic acids is 3. The number of methoxy groups -OCH3 is 1. The molecule has 0 aromatic rings. The van der Waals surface area contributed by atoms with Crippen LogP contribution in [0.1, 0.15) is 62.3 Å². The first-order valence-electron chi connectivity index (χ1n) is 8.15. The summed E-state index contributed by atoms with van der Waals surface area (Å²) in [5, 5.41) is 0. The van der Waals surface area contributed by atoms with E-state index in [0.29, 0.717) is 31.7 Å². The van der Waals surface area contributed by atoms with E-state index < -0.39 is 11.9 Å². The van der Waals surface area contributed by atoms with Crippen LogP contribution in [0.4, 0.5) is 0 Å². The van der Waals surface area contributed by atoms with Crippen molar-refractivity contribution in [3.63, 3.8) is 0 Å². The van der Waals surface area contributed by atoms with Crippen LogP contribution in [0.2, 0.25) is 0 Å². The Labute approximate surface area is 171 Å². The molecule has 1 saturated carbocycles. The molecule has 7 heteroatoms. The minimum Gasteiger partial charge on any atom is -0.466 e. The van der Waals surface area contributed by atoms with Gasteiger partial charge in [0.25, 0.3) is 0 Å². The van der Waals surface area contributed by atoms with Gasteiger partial charge in [-0.25, -0.2) is 9.59 Å². The van der Waals surface area contributed by atoms with E-state index in [1.807, 2.05) is 0 Å². The molecule has 0 aromatic carbocycles. The Morgan fingerprint density at radius 3 is 1.61 bits per heavy atom. The number of esters is 3. The quantitative estimate of drug-likeness (QED) is 0.245. The van der Waals surface area contributed by atoms with Crippen molar-refractivity contribution in [3.05, 3.63) is 12.2 Å². The van der Waals surface area contributed by atoms with Crippen LogP contribution in [0.3, 0.4) is 0 Å². The molecule has 0 unspecified atom stereocenters. The average Bonchev–Trinajstić information content (AvgIpc) is 2.57. The zero-order valence-electron chi connectivity index (χ0n) is 14.3. The lowest BCUT2D eigenvalue weighted by molar-refractivity contribution is -0.143. The first-order valence-corrected chi connectivity index (χ1v) is 8.15. The van der Waals surface area contributed by atoms with Crippen LogP contribution < -0.4 is 0 Å². The Kier molecular flexibility index (Phi) is 23.9. The van der Waals surface area contributed by atoms with Crippen LogP contribution in [0.5, 0.6) is 0 Å². The molecule has 0 saturated heterocycles. The fourth-order valence-corrected chi connectivity index (χ4v) is 2.46. The summed E-state index contributed by atoms with van der Waals surface area (Å²) >= 11 is 0. The summed E-state index contributed by atoms with van der Waals surface area (Å²) in [6, 6.07) is 0. The predicted molar refractivity (Wildman–Crippen MR) is 112 cm³/mol. The molecule has 0 radical (unpaired) electrons. The monoisotopic (exact) mass is 406 g/mol. The molecule has 1 aliphatic carbocycles. The van der Waals surface area contributed by atoms with Crippen molar-refractivity contribution >= 4 is 17.9 Å². The molecular formula is C21H42O7. The molecule has 0 amide bonds. The summed E-state index contributed by atoms with van der Waals surface area (Å²) in [7, 11) is 1.50. The van der Waals surface area contributed by atoms with E-state index in [1.54, 1.807) is 0 Å². The van der Waals surface area contributed by atoms with Gasteiger partial charge in [-0.1, -0.05) is 29.7 Å². The van der Waals surface area contributed by atoms with Crippen LogP contribution in [-0.4, -0.2) is 51.4 Å². The molecule has 0 aromatic heterocycles. The van der Waals surface area contributed by atoms with E-state index in [1.165, 1.54) is 14.0 Å². The Morgan fingerprint density at radius 1 is 0.750 bits per heavy atom. The van der Waals surface area contributed by atoms with Gasteiger partial charge in [0, 0.05) is 26.2 Å². The molecule has 168 valence electrons. The third kappa shape index (κ3) is 16.3. The van der Waals surface area contributed by atoms with Gasteiger partial charge >= 0.3 is 17.9 Å². The fourth-order valence-electron chi connectivity index (χ4n) is 2.46. The van der Waals surface area contributed by atoms with Gasteiger partial charge in [0.15, 0.2) is 0 Å². The highest BCUT2D eigenvalue weighted by Gasteiger charge is 2.22. The van der Waals surface area contributed by atoms with Crippen molar-refractivity contribution in [1.82, 2.24) is 0 Å². The van der Waals surface area contributed by atoms with Gasteiger partial charge in [-0.3, -0.25) is 4.79 Å². The SMILES string of the molecule is C.C.C.C.COCCOC(=O)C=CC(=O)OCC1CCC(COC(C)=O)CC1. The maximum absolute atomic E-state index is 11.6.